The number of aryl methyl sites for hydroxylation is 1. The van der Waals surface area contributed by atoms with Crippen molar-refractivity contribution in [2.24, 2.45) is 0 Å². The first-order valence-corrected chi connectivity index (χ1v) is 5.84. The topological polar surface area (TPSA) is 54.9 Å². The van der Waals surface area contributed by atoms with E-state index in [1.165, 1.54) is 0 Å². The number of pyridine rings is 2. The van der Waals surface area contributed by atoms with Gasteiger partial charge in [0, 0.05) is 18.6 Å². The van der Waals surface area contributed by atoms with Gasteiger partial charge in [0.1, 0.15) is 0 Å². The second-order valence-corrected chi connectivity index (χ2v) is 4.30. The molecule has 2 aromatic heterocycles. The van der Waals surface area contributed by atoms with Crippen LogP contribution in [0.15, 0.2) is 36.8 Å². The molecule has 2 rings (SSSR count). The zero-order valence-electron chi connectivity index (χ0n) is 9.85. The number of nitrogens with one attached hydrogen (secondary N) is 1. The van der Waals surface area contributed by atoms with Gasteiger partial charge in [-0.3, -0.25) is 9.78 Å². The number of amides is 1. The van der Waals surface area contributed by atoms with E-state index < -0.39 is 0 Å². The van der Waals surface area contributed by atoms with E-state index in [9.17, 15) is 4.79 Å². The number of nitrogens with zero attached hydrogens (tertiary/aromatic N) is 2. The molecule has 5 heteroatoms. The zero-order valence-corrected chi connectivity index (χ0v) is 10.6. The summed E-state index contributed by atoms with van der Waals surface area (Å²) >= 11 is 5.91. The van der Waals surface area contributed by atoms with Crippen LogP contribution in [0.5, 0.6) is 0 Å². The number of carbonyl (C=O) groups excluding carboxylic acids is 1. The van der Waals surface area contributed by atoms with Crippen molar-refractivity contribution in [2.75, 3.05) is 5.32 Å². The maximum atomic E-state index is 11.8. The summed E-state index contributed by atoms with van der Waals surface area (Å²) in [5, 5.41) is 3.03. The van der Waals surface area contributed by atoms with Gasteiger partial charge in [-0.2, -0.15) is 0 Å². The molecule has 0 atom stereocenters. The van der Waals surface area contributed by atoms with Crippen LogP contribution in [0.25, 0.3) is 0 Å². The van der Waals surface area contributed by atoms with Crippen LogP contribution in [0.1, 0.15) is 11.1 Å². The number of aromatic nitrogens is 2. The van der Waals surface area contributed by atoms with Gasteiger partial charge in [0.15, 0.2) is 5.15 Å². The highest BCUT2D eigenvalue weighted by molar-refractivity contribution is 6.32. The minimum atomic E-state index is -0.141. The predicted octanol–water partition coefficient (Wildman–Crippen LogP) is 2.62. The number of anilines is 1. The van der Waals surface area contributed by atoms with Crippen molar-refractivity contribution in [1.29, 1.82) is 0 Å². The van der Waals surface area contributed by atoms with Crippen LogP contribution in [0, 0.1) is 6.92 Å². The Morgan fingerprint density at radius 2 is 2.28 bits per heavy atom. The lowest BCUT2D eigenvalue weighted by molar-refractivity contribution is -0.115. The smallest absolute Gasteiger partial charge is 0.228 e. The molecule has 0 radical (unpaired) electrons. The van der Waals surface area contributed by atoms with E-state index in [-0.39, 0.29) is 12.3 Å². The maximum Gasteiger partial charge on any atom is 0.228 e. The van der Waals surface area contributed by atoms with Crippen molar-refractivity contribution in [1.82, 2.24) is 9.97 Å². The Balaban J connectivity index is 2.05. The summed E-state index contributed by atoms with van der Waals surface area (Å²) in [4.78, 5) is 19.8. The Morgan fingerprint density at radius 1 is 1.44 bits per heavy atom. The van der Waals surface area contributed by atoms with Crippen LogP contribution in [-0.2, 0) is 11.2 Å². The van der Waals surface area contributed by atoms with Crippen molar-refractivity contribution < 1.29 is 4.79 Å². The van der Waals surface area contributed by atoms with Crippen molar-refractivity contribution in [3.63, 3.8) is 0 Å². The number of rotatable bonds is 3. The van der Waals surface area contributed by atoms with E-state index in [1.54, 1.807) is 30.7 Å². The average molecular weight is 262 g/mol. The van der Waals surface area contributed by atoms with Crippen molar-refractivity contribution in [2.45, 2.75) is 13.3 Å². The molecular formula is C13H12ClN3O. The number of carbonyl (C=O) groups is 1. The Bertz CT molecular complexity index is 557. The van der Waals surface area contributed by atoms with Gasteiger partial charge < -0.3 is 5.32 Å². The monoisotopic (exact) mass is 261 g/mol. The fourth-order valence-electron chi connectivity index (χ4n) is 1.52. The van der Waals surface area contributed by atoms with Gasteiger partial charge in [-0.1, -0.05) is 17.7 Å². The Kier molecular flexibility index (Phi) is 3.89. The molecule has 0 fully saturated rings. The highest BCUT2D eigenvalue weighted by atomic mass is 35.5. The number of hydrogen-bond donors (Lipinski definition) is 1. The molecule has 4 nitrogen and oxygen atoms in total. The first kappa shape index (κ1) is 12.5. The largest absolute Gasteiger partial charge is 0.323 e. The number of halogens is 1. The van der Waals surface area contributed by atoms with Gasteiger partial charge in [0.05, 0.1) is 12.1 Å². The van der Waals surface area contributed by atoms with E-state index >= 15 is 0 Å². The Morgan fingerprint density at radius 3 is 3.00 bits per heavy atom. The summed E-state index contributed by atoms with van der Waals surface area (Å²) in [5.41, 5.74) is 2.33. The molecule has 1 amide bonds. The van der Waals surface area contributed by atoms with Crippen molar-refractivity contribution in [3.8, 4) is 0 Å². The molecule has 0 unspecified atom stereocenters. The molecule has 0 spiro atoms. The molecule has 1 N–H and O–H groups in total. The van der Waals surface area contributed by atoms with Gasteiger partial charge in [0.25, 0.3) is 0 Å². The molecule has 0 aromatic carbocycles. The molecule has 2 heterocycles. The minimum absolute atomic E-state index is 0.141. The summed E-state index contributed by atoms with van der Waals surface area (Å²) < 4.78 is 0. The van der Waals surface area contributed by atoms with Crippen LogP contribution in [-0.4, -0.2) is 15.9 Å². The standard InChI is InChI=1S/C13H12ClN3O/c1-9-5-11(13(14)16-7-9)17-12(18)6-10-3-2-4-15-8-10/h2-5,7-8H,6H2,1H3,(H,17,18). The van der Waals surface area contributed by atoms with Crippen molar-refractivity contribution >= 4 is 23.2 Å². The molecule has 0 bridgehead atoms. The van der Waals surface area contributed by atoms with Gasteiger partial charge in [-0.15, -0.1) is 0 Å². The molecule has 2 aromatic rings. The molecular weight excluding hydrogens is 250 g/mol. The molecule has 0 aliphatic carbocycles. The van der Waals surface area contributed by atoms with Crippen LogP contribution in [0.4, 0.5) is 5.69 Å². The second kappa shape index (κ2) is 5.60. The third kappa shape index (κ3) is 3.28. The van der Waals surface area contributed by atoms with Gasteiger partial charge in [0.2, 0.25) is 5.91 Å². The maximum absolute atomic E-state index is 11.8. The summed E-state index contributed by atoms with van der Waals surface area (Å²) in [6.45, 7) is 1.89. The highest BCUT2D eigenvalue weighted by Crippen LogP contribution is 2.19. The van der Waals surface area contributed by atoms with Crippen LogP contribution >= 0.6 is 11.6 Å². The molecule has 0 aliphatic rings. The highest BCUT2D eigenvalue weighted by Gasteiger charge is 2.07. The first-order valence-electron chi connectivity index (χ1n) is 5.46. The Labute approximate surface area is 110 Å². The van der Waals surface area contributed by atoms with Crippen LogP contribution in [0.3, 0.4) is 0 Å². The molecule has 0 saturated heterocycles. The van der Waals surface area contributed by atoms with E-state index in [4.69, 9.17) is 11.6 Å². The van der Waals surface area contributed by atoms with Crippen LogP contribution in [0.2, 0.25) is 5.15 Å². The Hall–Kier alpha value is -1.94. The lowest BCUT2D eigenvalue weighted by Crippen LogP contribution is -2.15. The van der Waals surface area contributed by atoms with E-state index in [0.717, 1.165) is 11.1 Å². The van der Waals surface area contributed by atoms with E-state index in [1.807, 2.05) is 13.0 Å². The fraction of sp³-hybridized carbons (Fsp3) is 0.154. The SMILES string of the molecule is Cc1cnc(Cl)c(NC(=O)Cc2cccnc2)c1. The van der Waals surface area contributed by atoms with Gasteiger partial charge >= 0.3 is 0 Å². The lowest BCUT2D eigenvalue weighted by Gasteiger charge is -2.07. The third-order valence-corrected chi connectivity index (χ3v) is 2.64. The predicted molar refractivity (Wildman–Crippen MR) is 70.6 cm³/mol. The van der Waals surface area contributed by atoms with Gasteiger partial charge in [-0.05, 0) is 30.2 Å². The first-order chi connectivity index (χ1) is 8.65. The summed E-state index contributed by atoms with van der Waals surface area (Å²) in [5.74, 6) is -0.141. The quantitative estimate of drug-likeness (QED) is 0.864. The molecule has 0 saturated carbocycles. The summed E-state index contributed by atoms with van der Waals surface area (Å²) in [7, 11) is 0. The van der Waals surface area contributed by atoms with Crippen LogP contribution < -0.4 is 5.32 Å². The third-order valence-electron chi connectivity index (χ3n) is 2.34. The molecule has 0 aliphatic heterocycles. The molecule has 18 heavy (non-hydrogen) atoms. The van der Waals surface area contributed by atoms with Crippen molar-refractivity contribution in [3.05, 3.63) is 53.1 Å². The summed E-state index contributed by atoms with van der Waals surface area (Å²) in [6, 6.07) is 5.43. The summed E-state index contributed by atoms with van der Waals surface area (Å²) in [6.07, 6.45) is 5.25. The lowest BCUT2D eigenvalue weighted by atomic mass is 10.2. The second-order valence-electron chi connectivity index (χ2n) is 3.94. The molecule has 92 valence electrons. The van der Waals surface area contributed by atoms with E-state index in [2.05, 4.69) is 15.3 Å². The van der Waals surface area contributed by atoms with E-state index in [0.29, 0.717) is 10.8 Å². The minimum Gasteiger partial charge on any atom is -0.323 e. The van der Waals surface area contributed by atoms with Gasteiger partial charge in [-0.25, -0.2) is 4.98 Å². The number of hydrogen-bond acceptors (Lipinski definition) is 3. The normalized spacial score (nSPS) is 10.1. The average Bonchev–Trinajstić information content (AvgIpc) is 2.35. The zero-order chi connectivity index (χ0) is 13.0. The fourth-order valence-corrected chi connectivity index (χ4v) is 1.67.